The van der Waals surface area contributed by atoms with Gasteiger partial charge in [-0.1, -0.05) is 30.1 Å². The van der Waals surface area contributed by atoms with Crippen LogP contribution in [-0.2, 0) is 11.2 Å². The Kier molecular flexibility index (Phi) is 3.68. The molecule has 1 saturated carbocycles. The van der Waals surface area contributed by atoms with E-state index in [1.165, 1.54) is 0 Å². The van der Waals surface area contributed by atoms with Gasteiger partial charge in [-0.25, -0.2) is 0 Å². The molecule has 1 aliphatic carbocycles. The van der Waals surface area contributed by atoms with E-state index in [1.807, 2.05) is 24.3 Å². The van der Waals surface area contributed by atoms with Crippen molar-refractivity contribution >= 4 is 16.9 Å². The van der Waals surface area contributed by atoms with Crippen LogP contribution < -0.4 is 0 Å². The number of carbonyl (C=O) groups is 1. The summed E-state index contributed by atoms with van der Waals surface area (Å²) in [7, 11) is 1.74. The van der Waals surface area contributed by atoms with E-state index in [2.05, 4.69) is 5.16 Å². The second-order valence-corrected chi connectivity index (χ2v) is 5.98. The quantitative estimate of drug-likeness (QED) is 0.936. The monoisotopic (exact) mass is 288 g/mol. The molecule has 1 aromatic carbocycles. The molecule has 0 radical (unpaired) electrons. The summed E-state index contributed by atoms with van der Waals surface area (Å²) in [5, 5.41) is 15.2. The zero-order valence-corrected chi connectivity index (χ0v) is 12.2. The van der Waals surface area contributed by atoms with Crippen molar-refractivity contribution in [2.45, 2.75) is 37.7 Å². The number of likely N-dealkylation sites (N-methyl/N-ethyl adjacent to an activating group) is 1. The Morgan fingerprint density at radius 3 is 2.86 bits per heavy atom. The highest BCUT2D eigenvalue weighted by atomic mass is 16.5. The average Bonchev–Trinajstić information content (AvgIpc) is 3.06. The van der Waals surface area contributed by atoms with Crippen LogP contribution in [0.3, 0.4) is 0 Å². The molecule has 2 aromatic rings. The molecule has 5 nitrogen and oxygen atoms in total. The van der Waals surface area contributed by atoms with Gasteiger partial charge in [0.1, 0.15) is 5.69 Å². The summed E-state index contributed by atoms with van der Waals surface area (Å²) in [6.07, 6.45) is 3.82. The van der Waals surface area contributed by atoms with Gasteiger partial charge in [0.2, 0.25) is 5.91 Å². The number of hydrogen-bond donors (Lipinski definition) is 1. The summed E-state index contributed by atoms with van der Waals surface area (Å²) in [4.78, 5) is 13.9. The van der Waals surface area contributed by atoms with Gasteiger partial charge in [-0.15, -0.1) is 0 Å². The standard InChI is InChI=1S/C16H20N2O3/c1-18(11-16(20)8-4-5-9-16)15(19)10-13-12-6-2-3-7-14(12)21-17-13/h2-3,6-7,20H,4-5,8-11H2,1H3. The number of benzene rings is 1. The number of hydrogen-bond acceptors (Lipinski definition) is 4. The fraction of sp³-hybridized carbons (Fsp3) is 0.500. The number of carbonyl (C=O) groups excluding carboxylic acids is 1. The predicted molar refractivity (Wildman–Crippen MR) is 78.8 cm³/mol. The Labute approximate surface area is 123 Å². The lowest BCUT2D eigenvalue weighted by molar-refractivity contribution is -0.132. The molecule has 112 valence electrons. The second-order valence-electron chi connectivity index (χ2n) is 5.98. The van der Waals surface area contributed by atoms with E-state index in [4.69, 9.17) is 4.52 Å². The summed E-state index contributed by atoms with van der Waals surface area (Å²) >= 11 is 0. The lowest BCUT2D eigenvalue weighted by Gasteiger charge is -2.28. The van der Waals surface area contributed by atoms with Crippen LogP contribution in [0.4, 0.5) is 0 Å². The molecule has 3 rings (SSSR count). The van der Waals surface area contributed by atoms with Crippen LogP contribution in [0.25, 0.3) is 11.0 Å². The fourth-order valence-corrected chi connectivity index (χ4v) is 3.06. The van der Waals surface area contributed by atoms with Crippen LogP contribution in [0.1, 0.15) is 31.4 Å². The van der Waals surface area contributed by atoms with Crippen molar-refractivity contribution < 1.29 is 14.4 Å². The van der Waals surface area contributed by atoms with Gasteiger partial charge < -0.3 is 14.5 Å². The summed E-state index contributed by atoms with van der Waals surface area (Å²) in [5.41, 5.74) is 0.634. The Bertz CT molecular complexity index is 644. The van der Waals surface area contributed by atoms with Gasteiger partial charge in [-0.2, -0.15) is 0 Å². The molecule has 1 amide bonds. The molecule has 1 aliphatic rings. The Morgan fingerprint density at radius 2 is 2.10 bits per heavy atom. The molecule has 0 atom stereocenters. The van der Waals surface area contributed by atoms with Crippen LogP contribution >= 0.6 is 0 Å². The highest BCUT2D eigenvalue weighted by Crippen LogP contribution is 2.30. The highest BCUT2D eigenvalue weighted by Gasteiger charge is 2.33. The van der Waals surface area contributed by atoms with Gasteiger partial charge in [0.25, 0.3) is 0 Å². The van der Waals surface area contributed by atoms with E-state index in [0.29, 0.717) is 17.8 Å². The Hall–Kier alpha value is -1.88. The first kappa shape index (κ1) is 14.1. The number of aromatic nitrogens is 1. The maximum Gasteiger partial charge on any atom is 0.228 e. The minimum absolute atomic E-state index is 0.0469. The molecule has 0 spiro atoms. The molecule has 1 heterocycles. The summed E-state index contributed by atoms with van der Waals surface area (Å²) in [5.74, 6) is -0.0469. The predicted octanol–water partition coefficient (Wildman–Crippen LogP) is 2.13. The van der Waals surface area contributed by atoms with Crippen molar-refractivity contribution in [2.24, 2.45) is 0 Å². The zero-order chi connectivity index (χ0) is 14.9. The van der Waals surface area contributed by atoms with Crippen LogP contribution in [0.15, 0.2) is 28.8 Å². The van der Waals surface area contributed by atoms with Crippen molar-refractivity contribution in [3.8, 4) is 0 Å². The second kappa shape index (κ2) is 5.48. The van der Waals surface area contributed by atoms with Gasteiger partial charge in [0.15, 0.2) is 5.58 Å². The maximum atomic E-state index is 12.3. The lowest BCUT2D eigenvalue weighted by atomic mass is 10.0. The first-order valence-corrected chi connectivity index (χ1v) is 7.37. The van der Waals surface area contributed by atoms with E-state index < -0.39 is 5.60 Å². The van der Waals surface area contributed by atoms with Crippen molar-refractivity contribution in [3.63, 3.8) is 0 Å². The molecule has 1 fully saturated rings. The molecular weight excluding hydrogens is 268 g/mol. The van der Waals surface area contributed by atoms with Gasteiger partial charge in [0, 0.05) is 19.0 Å². The van der Waals surface area contributed by atoms with Gasteiger partial charge >= 0.3 is 0 Å². The Morgan fingerprint density at radius 1 is 1.38 bits per heavy atom. The summed E-state index contributed by atoms with van der Waals surface area (Å²) < 4.78 is 5.21. The smallest absolute Gasteiger partial charge is 0.228 e. The van der Waals surface area contributed by atoms with E-state index in [1.54, 1.807) is 11.9 Å². The number of nitrogens with zero attached hydrogens (tertiary/aromatic N) is 2. The van der Waals surface area contributed by atoms with Gasteiger partial charge in [-0.05, 0) is 25.0 Å². The summed E-state index contributed by atoms with van der Waals surface area (Å²) in [6, 6.07) is 7.51. The zero-order valence-electron chi connectivity index (χ0n) is 12.2. The summed E-state index contributed by atoms with van der Waals surface area (Å²) in [6.45, 7) is 0.390. The van der Waals surface area contributed by atoms with E-state index in [0.717, 1.165) is 31.1 Å². The first-order valence-electron chi connectivity index (χ1n) is 7.37. The van der Waals surface area contributed by atoms with Crippen LogP contribution in [0.5, 0.6) is 0 Å². The normalized spacial score (nSPS) is 17.2. The molecule has 0 unspecified atom stereocenters. The lowest BCUT2D eigenvalue weighted by Crippen LogP contribution is -2.42. The van der Waals surface area contributed by atoms with E-state index in [9.17, 15) is 9.90 Å². The third-order valence-electron chi connectivity index (χ3n) is 4.26. The number of fused-ring (bicyclic) bond motifs is 1. The van der Waals surface area contributed by atoms with E-state index in [-0.39, 0.29) is 12.3 Å². The van der Waals surface area contributed by atoms with Gasteiger partial charge in [0.05, 0.1) is 12.0 Å². The maximum absolute atomic E-state index is 12.3. The van der Waals surface area contributed by atoms with Crippen LogP contribution in [0, 0.1) is 0 Å². The molecule has 21 heavy (non-hydrogen) atoms. The average molecular weight is 288 g/mol. The largest absolute Gasteiger partial charge is 0.388 e. The number of aliphatic hydroxyl groups is 1. The molecule has 0 bridgehead atoms. The number of amides is 1. The van der Waals surface area contributed by atoms with Crippen molar-refractivity contribution in [1.82, 2.24) is 10.1 Å². The molecule has 5 heteroatoms. The number of rotatable bonds is 4. The van der Waals surface area contributed by atoms with Crippen LogP contribution in [-0.4, -0.2) is 40.3 Å². The fourth-order valence-electron chi connectivity index (χ4n) is 3.06. The molecule has 0 saturated heterocycles. The minimum atomic E-state index is -0.712. The van der Waals surface area contributed by atoms with Crippen molar-refractivity contribution in [3.05, 3.63) is 30.0 Å². The van der Waals surface area contributed by atoms with Crippen molar-refractivity contribution in [1.29, 1.82) is 0 Å². The van der Waals surface area contributed by atoms with E-state index >= 15 is 0 Å². The molecule has 1 N–H and O–H groups in total. The third-order valence-corrected chi connectivity index (χ3v) is 4.26. The Balaban J connectivity index is 1.68. The molecule has 1 aromatic heterocycles. The SMILES string of the molecule is CN(CC1(O)CCCC1)C(=O)Cc1noc2ccccc12. The first-order chi connectivity index (χ1) is 10.1. The number of para-hydroxylation sites is 1. The molecular formula is C16H20N2O3. The van der Waals surface area contributed by atoms with Gasteiger partial charge in [-0.3, -0.25) is 4.79 Å². The van der Waals surface area contributed by atoms with Crippen molar-refractivity contribution in [2.75, 3.05) is 13.6 Å². The minimum Gasteiger partial charge on any atom is -0.388 e. The van der Waals surface area contributed by atoms with Crippen LogP contribution in [0.2, 0.25) is 0 Å². The highest BCUT2D eigenvalue weighted by molar-refractivity contribution is 5.86. The third kappa shape index (κ3) is 2.93. The topological polar surface area (TPSA) is 66.6 Å². The molecule has 0 aliphatic heterocycles.